The largest absolute Gasteiger partial charge is 0.380 e. The topological polar surface area (TPSA) is 21.3 Å². The van der Waals surface area contributed by atoms with Crippen LogP contribution in [0.1, 0.15) is 13.8 Å². The normalized spacial score (nSPS) is 12.5. The van der Waals surface area contributed by atoms with E-state index in [1.165, 1.54) is 6.07 Å². The molecule has 0 aliphatic rings. The van der Waals surface area contributed by atoms with Crippen molar-refractivity contribution in [2.24, 2.45) is 0 Å². The Bertz CT molecular complexity index is 299. The Hall–Kier alpha value is -0.610. The standard InChI is InChI=1S/C11H15BrFNO/c1-3-15-7-8(2)14-11-9(12)5-4-6-10(11)13/h4-6,8,14H,3,7H2,1-2H3. The maximum absolute atomic E-state index is 13.4. The number of halogens is 2. The van der Waals surface area contributed by atoms with Gasteiger partial charge >= 0.3 is 0 Å². The molecule has 1 aromatic carbocycles. The molecule has 0 spiro atoms. The second-order valence-electron chi connectivity index (χ2n) is 3.30. The predicted octanol–water partition coefficient (Wildman–Crippen LogP) is 3.43. The van der Waals surface area contributed by atoms with Crippen LogP contribution in [0.4, 0.5) is 10.1 Å². The summed E-state index contributed by atoms with van der Waals surface area (Å²) in [5.74, 6) is -0.257. The van der Waals surface area contributed by atoms with Crippen molar-refractivity contribution in [3.05, 3.63) is 28.5 Å². The van der Waals surface area contributed by atoms with E-state index in [0.717, 1.165) is 4.47 Å². The van der Waals surface area contributed by atoms with E-state index in [-0.39, 0.29) is 11.9 Å². The van der Waals surface area contributed by atoms with Crippen LogP contribution in [0.5, 0.6) is 0 Å². The monoisotopic (exact) mass is 275 g/mol. The smallest absolute Gasteiger partial charge is 0.147 e. The molecular formula is C11H15BrFNO. The van der Waals surface area contributed by atoms with Gasteiger partial charge in [0.05, 0.1) is 12.3 Å². The van der Waals surface area contributed by atoms with Crippen LogP contribution in [0.25, 0.3) is 0 Å². The zero-order valence-corrected chi connectivity index (χ0v) is 10.5. The van der Waals surface area contributed by atoms with E-state index in [1.807, 2.05) is 13.8 Å². The van der Waals surface area contributed by atoms with Gasteiger partial charge in [0, 0.05) is 17.1 Å². The fourth-order valence-electron chi connectivity index (χ4n) is 1.22. The summed E-state index contributed by atoms with van der Waals surface area (Å²) in [5, 5.41) is 3.07. The molecule has 2 nitrogen and oxygen atoms in total. The summed E-state index contributed by atoms with van der Waals surface area (Å²) in [6.07, 6.45) is 0. The highest BCUT2D eigenvalue weighted by molar-refractivity contribution is 9.10. The lowest BCUT2D eigenvalue weighted by atomic mass is 10.2. The molecule has 0 aliphatic carbocycles. The zero-order chi connectivity index (χ0) is 11.3. The van der Waals surface area contributed by atoms with Crippen molar-refractivity contribution in [2.75, 3.05) is 18.5 Å². The number of rotatable bonds is 5. The first kappa shape index (κ1) is 12.5. The van der Waals surface area contributed by atoms with E-state index >= 15 is 0 Å². The quantitative estimate of drug-likeness (QED) is 0.889. The van der Waals surface area contributed by atoms with Gasteiger partial charge < -0.3 is 10.1 Å². The van der Waals surface area contributed by atoms with Gasteiger partial charge in [-0.3, -0.25) is 0 Å². The van der Waals surface area contributed by atoms with E-state index in [9.17, 15) is 4.39 Å². The Morgan fingerprint density at radius 3 is 2.87 bits per heavy atom. The van der Waals surface area contributed by atoms with Crippen molar-refractivity contribution in [2.45, 2.75) is 19.9 Å². The third-order valence-corrected chi connectivity index (χ3v) is 2.59. The number of para-hydroxylation sites is 1. The van der Waals surface area contributed by atoms with Crippen molar-refractivity contribution >= 4 is 21.6 Å². The van der Waals surface area contributed by atoms with Crippen LogP contribution < -0.4 is 5.32 Å². The number of ether oxygens (including phenoxy) is 1. The molecule has 1 rings (SSSR count). The van der Waals surface area contributed by atoms with Crippen molar-refractivity contribution in [1.82, 2.24) is 0 Å². The first-order valence-corrected chi connectivity index (χ1v) is 5.72. The highest BCUT2D eigenvalue weighted by Crippen LogP contribution is 2.25. The second-order valence-corrected chi connectivity index (χ2v) is 4.16. The maximum Gasteiger partial charge on any atom is 0.147 e. The molecule has 0 aromatic heterocycles. The number of nitrogens with one attached hydrogen (secondary N) is 1. The molecule has 15 heavy (non-hydrogen) atoms. The van der Waals surface area contributed by atoms with Gasteiger partial charge in [0.2, 0.25) is 0 Å². The minimum Gasteiger partial charge on any atom is -0.380 e. The Morgan fingerprint density at radius 2 is 2.27 bits per heavy atom. The molecule has 1 N–H and O–H groups in total. The van der Waals surface area contributed by atoms with Crippen LogP contribution in [-0.4, -0.2) is 19.3 Å². The molecule has 0 heterocycles. The minimum absolute atomic E-state index is 0.0816. The number of hydrogen-bond acceptors (Lipinski definition) is 2. The summed E-state index contributed by atoms with van der Waals surface area (Å²) >= 11 is 3.30. The van der Waals surface area contributed by atoms with E-state index in [1.54, 1.807) is 12.1 Å². The lowest BCUT2D eigenvalue weighted by molar-refractivity contribution is 0.141. The first-order chi connectivity index (χ1) is 7.15. The summed E-state index contributed by atoms with van der Waals surface area (Å²) < 4.78 is 19.4. The summed E-state index contributed by atoms with van der Waals surface area (Å²) in [6.45, 7) is 5.13. The molecule has 1 unspecified atom stereocenters. The Labute approximate surface area is 98.0 Å². The van der Waals surface area contributed by atoms with Crippen molar-refractivity contribution in [3.8, 4) is 0 Å². The van der Waals surface area contributed by atoms with Crippen LogP contribution in [0, 0.1) is 5.82 Å². The minimum atomic E-state index is -0.257. The van der Waals surface area contributed by atoms with Crippen molar-refractivity contribution in [1.29, 1.82) is 0 Å². The summed E-state index contributed by atoms with van der Waals surface area (Å²) in [7, 11) is 0. The van der Waals surface area contributed by atoms with Gasteiger partial charge in [0.15, 0.2) is 0 Å². The van der Waals surface area contributed by atoms with Crippen molar-refractivity contribution in [3.63, 3.8) is 0 Å². The van der Waals surface area contributed by atoms with E-state index in [4.69, 9.17) is 4.74 Å². The zero-order valence-electron chi connectivity index (χ0n) is 8.89. The Balaban J connectivity index is 2.63. The molecule has 1 atom stereocenters. The molecule has 0 amide bonds. The predicted molar refractivity (Wildman–Crippen MR) is 63.7 cm³/mol. The third kappa shape index (κ3) is 3.80. The molecule has 0 aliphatic heterocycles. The van der Waals surface area contributed by atoms with Gasteiger partial charge in [-0.15, -0.1) is 0 Å². The molecular weight excluding hydrogens is 261 g/mol. The molecule has 0 saturated heterocycles. The van der Waals surface area contributed by atoms with E-state index in [0.29, 0.717) is 18.9 Å². The highest BCUT2D eigenvalue weighted by Gasteiger charge is 2.09. The molecule has 0 bridgehead atoms. The third-order valence-electron chi connectivity index (χ3n) is 1.93. The summed E-state index contributed by atoms with van der Waals surface area (Å²) in [5.41, 5.74) is 0.490. The average Bonchev–Trinajstić information content (AvgIpc) is 2.21. The molecule has 0 radical (unpaired) electrons. The fourth-order valence-corrected chi connectivity index (χ4v) is 1.67. The number of benzene rings is 1. The van der Waals surface area contributed by atoms with Crippen molar-refractivity contribution < 1.29 is 9.13 Å². The van der Waals surface area contributed by atoms with Crippen LogP contribution >= 0.6 is 15.9 Å². The van der Waals surface area contributed by atoms with Gasteiger partial charge in [0.25, 0.3) is 0 Å². The summed E-state index contributed by atoms with van der Waals surface area (Å²) in [4.78, 5) is 0. The second kappa shape index (κ2) is 6.08. The van der Waals surface area contributed by atoms with Crippen LogP contribution in [0.3, 0.4) is 0 Å². The van der Waals surface area contributed by atoms with Gasteiger partial charge in [-0.2, -0.15) is 0 Å². The van der Waals surface area contributed by atoms with Gasteiger partial charge in [0.1, 0.15) is 5.82 Å². The lowest BCUT2D eigenvalue weighted by Crippen LogP contribution is -2.22. The Morgan fingerprint density at radius 1 is 1.53 bits per heavy atom. The van der Waals surface area contributed by atoms with E-state index in [2.05, 4.69) is 21.2 Å². The van der Waals surface area contributed by atoms with Crippen LogP contribution in [0.15, 0.2) is 22.7 Å². The van der Waals surface area contributed by atoms with Crippen LogP contribution in [0.2, 0.25) is 0 Å². The Kier molecular flexibility index (Phi) is 5.05. The molecule has 84 valence electrons. The molecule has 0 fully saturated rings. The van der Waals surface area contributed by atoms with Gasteiger partial charge in [-0.25, -0.2) is 4.39 Å². The van der Waals surface area contributed by atoms with Gasteiger partial charge in [-0.1, -0.05) is 6.07 Å². The SMILES string of the molecule is CCOCC(C)Nc1c(F)cccc1Br. The highest BCUT2D eigenvalue weighted by atomic mass is 79.9. The number of hydrogen-bond donors (Lipinski definition) is 1. The summed E-state index contributed by atoms with van der Waals surface area (Å²) in [6, 6.07) is 4.98. The molecule has 1 aromatic rings. The molecule has 0 saturated carbocycles. The van der Waals surface area contributed by atoms with Gasteiger partial charge in [-0.05, 0) is 41.9 Å². The van der Waals surface area contributed by atoms with E-state index < -0.39 is 0 Å². The first-order valence-electron chi connectivity index (χ1n) is 4.93. The fraction of sp³-hybridized carbons (Fsp3) is 0.455. The van der Waals surface area contributed by atoms with Crippen LogP contribution in [-0.2, 0) is 4.74 Å². The lowest BCUT2D eigenvalue weighted by Gasteiger charge is -2.16. The maximum atomic E-state index is 13.4. The number of anilines is 1. The average molecular weight is 276 g/mol. The molecule has 4 heteroatoms.